The van der Waals surface area contributed by atoms with Gasteiger partial charge in [0.1, 0.15) is 11.5 Å². The fourth-order valence-corrected chi connectivity index (χ4v) is 1.90. The Bertz CT molecular complexity index is 738. The van der Waals surface area contributed by atoms with E-state index in [4.69, 9.17) is 5.26 Å². The molecule has 2 rings (SSSR count). The van der Waals surface area contributed by atoms with Crippen LogP contribution in [0.3, 0.4) is 0 Å². The predicted molar refractivity (Wildman–Crippen MR) is 76.3 cm³/mol. The lowest BCUT2D eigenvalue weighted by Crippen LogP contribution is -2.04. The van der Waals surface area contributed by atoms with Gasteiger partial charge in [-0.15, -0.1) is 0 Å². The van der Waals surface area contributed by atoms with Gasteiger partial charge in [0.05, 0.1) is 16.6 Å². The fraction of sp³-hybridized carbons (Fsp3) is 0.133. The van der Waals surface area contributed by atoms with Crippen LogP contribution in [0.1, 0.15) is 16.7 Å². The topological polar surface area (TPSA) is 79.0 Å². The molecule has 0 aromatic heterocycles. The Morgan fingerprint density at radius 3 is 2.71 bits per heavy atom. The van der Waals surface area contributed by atoms with Gasteiger partial charge in [0.15, 0.2) is 0 Å². The van der Waals surface area contributed by atoms with Crippen LogP contribution >= 0.6 is 0 Å². The second-order valence-electron chi connectivity index (χ2n) is 4.55. The molecule has 2 aromatic carbocycles. The number of anilines is 1. The Morgan fingerprint density at radius 1 is 1.33 bits per heavy atom. The van der Waals surface area contributed by atoms with Gasteiger partial charge in [-0.2, -0.15) is 5.26 Å². The average molecular weight is 285 g/mol. The maximum atomic E-state index is 13.8. The molecule has 0 aliphatic rings. The summed E-state index contributed by atoms with van der Waals surface area (Å²) < 4.78 is 13.8. The molecule has 0 heterocycles. The lowest BCUT2D eigenvalue weighted by Gasteiger charge is -2.09. The van der Waals surface area contributed by atoms with Gasteiger partial charge < -0.3 is 5.32 Å². The fourth-order valence-electron chi connectivity index (χ4n) is 1.90. The summed E-state index contributed by atoms with van der Waals surface area (Å²) >= 11 is 0. The molecule has 6 heteroatoms. The molecule has 0 aliphatic heterocycles. The molecule has 0 saturated heterocycles. The van der Waals surface area contributed by atoms with E-state index in [1.54, 1.807) is 12.1 Å². The van der Waals surface area contributed by atoms with Crippen LogP contribution < -0.4 is 5.32 Å². The first-order valence-electron chi connectivity index (χ1n) is 6.18. The molecule has 0 atom stereocenters. The highest BCUT2D eigenvalue weighted by atomic mass is 19.1. The monoisotopic (exact) mass is 285 g/mol. The molecule has 5 nitrogen and oxygen atoms in total. The average Bonchev–Trinajstić information content (AvgIpc) is 2.45. The van der Waals surface area contributed by atoms with Crippen molar-refractivity contribution in [3.8, 4) is 6.07 Å². The Kier molecular flexibility index (Phi) is 4.14. The van der Waals surface area contributed by atoms with Crippen molar-refractivity contribution < 1.29 is 9.31 Å². The standard InChI is InChI=1S/C15H12FN3O2/c1-10-2-5-15(19(20)21)14(6-10)18-9-12-4-3-11(8-17)7-13(12)16/h2-7,18H,9H2,1H3. The Balaban J connectivity index is 2.22. The molecule has 21 heavy (non-hydrogen) atoms. The van der Waals surface area contributed by atoms with E-state index in [1.807, 2.05) is 13.0 Å². The van der Waals surface area contributed by atoms with Gasteiger partial charge in [0.25, 0.3) is 5.69 Å². The lowest BCUT2D eigenvalue weighted by atomic mass is 10.1. The molecule has 0 saturated carbocycles. The number of hydrogen-bond donors (Lipinski definition) is 1. The van der Waals surface area contributed by atoms with Gasteiger partial charge in [0, 0.05) is 18.2 Å². The van der Waals surface area contributed by atoms with Gasteiger partial charge in [-0.25, -0.2) is 4.39 Å². The first kappa shape index (κ1) is 14.5. The van der Waals surface area contributed by atoms with Crippen LogP contribution in [0.15, 0.2) is 36.4 Å². The SMILES string of the molecule is Cc1ccc([N+](=O)[O-])c(NCc2ccc(C#N)cc2F)c1. The van der Waals surface area contributed by atoms with Gasteiger partial charge in [0.2, 0.25) is 0 Å². The summed E-state index contributed by atoms with van der Waals surface area (Å²) in [6.07, 6.45) is 0. The zero-order chi connectivity index (χ0) is 15.4. The van der Waals surface area contributed by atoms with Crippen LogP contribution in [0.25, 0.3) is 0 Å². The molecule has 0 bridgehead atoms. The normalized spacial score (nSPS) is 9.95. The third-order valence-corrected chi connectivity index (χ3v) is 3.00. The summed E-state index contributed by atoms with van der Waals surface area (Å²) in [5.74, 6) is -0.517. The number of aryl methyl sites for hydroxylation is 1. The highest BCUT2D eigenvalue weighted by molar-refractivity contribution is 5.62. The lowest BCUT2D eigenvalue weighted by molar-refractivity contribution is -0.384. The number of nitriles is 1. The highest BCUT2D eigenvalue weighted by Crippen LogP contribution is 2.26. The van der Waals surface area contributed by atoms with E-state index in [0.29, 0.717) is 11.3 Å². The molecule has 0 radical (unpaired) electrons. The molecule has 0 aliphatic carbocycles. The summed E-state index contributed by atoms with van der Waals surface area (Å²) in [7, 11) is 0. The Hall–Kier alpha value is -2.94. The van der Waals surface area contributed by atoms with E-state index in [9.17, 15) is 14.5 Å². The Morgan fingerprint density at radius 2 is 2.10 bits per heavy atom. The minimum atomic E-state index is -0.517. The third kappa shape index (κ3) is 3.34. The number of nitrogens with zero attached hydrogens (tertiary/aromatic N) is 2. The van der Waals surface area contributed by atoms with E-state index < -0.39 is 10.7 Å². The van der Waals surface area contributed by atoms with Gasteiger partial charge in [-0.3, -0.25) is 10.1 Å². The largest absolute Gasteiger partial charge is 0.375 e. The van der Waals surface area contributed by atoms with Crippen LogP contribution in [0.5, 0.6) is 0 Å². The van der Waals surface area contributed by atoms with Crippen molar-refractivity contribution in [3.63, 3.8) is 0 Å². The van der Waals surface area contributed by atoms with Crippen molar-refractivity contribution in [2.45, 2.75) is 13.5 Å². The number of rotatable bonds is 4. The zero-order valence-corrected chi connectivity index (χ0v) is 11.3. The zero-order valence-electron chi connectivity index (χ0n) is 11.3. The summed E-state index contributed by atoms with van der Waals surface area (Å²) in [6.45, 7) is 1.92. The van der Waals surface area contributed by atoms with E-state index >= 15 is 0 Å². The number of benzene rings is 2. The number of hydrogen-bond acceptors (Lipinski definition) is 4. The first-order valence-corrected chi connectivity index (χ1v) is 6.18. The van der Waals surface area contributed by atoms with Crippen LogP contribution in [-0.2, 0) is 6.54 Å². The highest BCUT2D eigenvalue weighted by Gasteiger charge is 2.13. The summed E-state index contributed by atoms with van der Waals surface area (Å²) in [5, 5.41) is 22.5. The predicted octanol–water partition coefficient (Wildman–Crippen LogP) is 3.53. The van der Waals surface area contributed by atoms with Crippen molar-refractivity contribution in [2.75, 3.05) is 5.32 Å². The van der Waals surface area contributed by atoms with E-state index in [1.165, 1.54) is 18.2 Å². The maximum Gasteiger partial charge on any atom is 0.292 e. The Labute approximate surface area is 120 Å². The molecule has 0 spiro atoms. The molecular formula is C15H12FN3O2. The first-order chi connectivity index (χ1) is 10.0. The maximum absolute atomic E-state index is 13.8. The quantitative estimate of drug-likeness (QED) is 0.688. The van der Waals surface area contributed by atoms with Crippen LogP contribution in [0.2, 0.25) is 0 Å². The van der Waals surface area contributed by atoms with Gasteiger partial charge in [-0.1, -0.05) is 12.1 Å². The summed E-state index contributed by atoms with van der Waals surface area (Å²) in [5.41, 5.74) is 1.71. The number of nitrogens with one attached hydrogen (secondary N) is 1. The second-order valence-corrected chi connectivity index (χ2v) is 4.55. The molecule has 0 amide bonds. The number of halogens is 1. The van der Waals surface area contributed by atoms with Crippen LogP contribution in [0.4, 0.5) is 15.8 Å². The molecule has 1 N–H and O–H groups in total. The summed E-state index contributed by atoms with van der Waals surface area (Å²) in [4.78, 5) is 10.5. The number of nitro groups is 1. The van der Waals surface area contributed by atoms with Gasteiger partial charge in [-0.05, 0) is 30.7 Å². The van der Waals surface area contributed by atoms with E-state index in [0.717, 1.165) is 11.6 Å². The van der Waals surface area contributed by atoms with Crippen molar-refractivity contribution >= 4 is 11.4 Å². The molecule has 2 aromatic rings. The molecule has 106 valence electrons. The molecular weight excluding hydrogens is 273 g/mol. The van der Waals surface area contributed by atoms with Gasteiger partial charge >= 0.3 is 0 Å². The third-order valence-electron chi connectivity index (χ3n) is 3.00. The van der Waals surface area contributed by atoms with E-state index in [2.05, 4.69) is 5.32 Å². The van der Waals surface area contributed by atoms with Crippen molar-refractivity contribution in [1.82, 2.24) is 0 Å². The van der Waals surface area contributed by atoms with Crippen molar-refractivity contribution in [3.05, 3.63) is 69.0 Å². The minimum absolute atomic E-state index is 0.0605. The molecule has 0 unspecified atom stereocenters. The smallest absolute Gasteiger partial charge is 0.292 e. The van der Waals surface area contributed by atoms with E-state index in [-0.39, 0.29) is 17.8 Å². The second kappa shape index (κ2) is 6.01. The number of nitro benzene ring substituents is 1. The van der Waals surface area contributed by atoms with Crippen molar-refractivity contribution in [1.29, 1.82) is 5.26 Å². The summed E-state index contributed by atoms with van der Waals surface area (Å²) in [6, 6.07) is 10.7. The van der Waals surface area contributed by atoms with Crippen LogP contribution in [0, 0.1) is 34.2 Å². The van der Waals surface area contributed by atoms with Crippen molar-refractivity contribution in [2.24, 2.45) is 0 Å². The van der Waals surface area contributed by atoms with Crippen LogP contribution in [-0.4, -0.2) is 4.92 Å². The minimum Gasteiger partial charge on any atom is -0.375 e. The molecule has 0 fully saturated rings.